The highest BCUT2D eigenvalue weighted by Crippen LogP contribution is 2.35. The SMILES string of the molecule is CC1(CNc2cc(C#N)c([N+](=O)[O-])c(NCC3(C)COC3)c2)COC1. The van der Waals surface area contributed by atoms with Gasteiger partial charge in [0.15, 0.2) is 0 Å². The number of hydrogen-bond acceptors (Lipinski definition) is 7. The first-order valence-corrected chi connectivity index (χ1v) is 8.20. The maximum absolute atomic E-state index is 11.4. The summed E-state index contributed by atoms with van der Waals surface area (Å²) >= 11 is 0. The number of nitrogens with one attached hydrogen (secondary N) is 2. The van der Waals surface area contributed by atoms with E-state index in [1.54, 1.807) is 6.07 Å². The number of ether oxygens (including phenoxy) is 2. The molecular formula is C17H22N4O4. The molecule has 2 heterocycles. The number of hydrogen-bond donors (Lipinski definition) is 2. The Kier molecular flexibility index (Phi) is 4.54. The standard InChI is InChI=1S/C17H22N4O4/c1-16(8-24-9-16)6-19-13-3-12(5-18)15(21(22)23)14(4-13)20-7-17(2)10-25-11-17/h3-4,19-20H,6-11H2,1-2H3. The van der Waals surface area contributed by atoms with Crippen molar-refractivity contribution < 1.29 is 14.4 Å². The van der Waals surface area contributed by atoms with E-state index >= 15 is 0 Å². The zero-order chi connectivity index (χ0) is 18.1. The molecule has 2 saturated heterocycles. The van der Waals surface area contributed by atoms with Gasteiger partial charge >= 0.3 is 5.69 Å². The highest BCUT2D eigenvalue weighted by Gasteiger charge is 2.35. The lowest BCUT2D eigenvalue weighted by Crippen LogP contribution is -2.45. The van der Waals surface area contributed by atoms with E-state index in [1.807, 2.05) is 6.07 Å². The summed E-state index contributed by atoms with van der Waals surface area (Å²) in [5.41, 5.74) is 0.917. The molecule has 0 aromatic heterocycles. The molecule has 3 rings (SSSR count). The maximum atomic E-state index is 11.4. The summed E-state index contributed by atoms with van der Waals surface area (Å²) in [7, 11) is 0. The van der Waals surface area contributed by atoms with Gasteiger partial charge in [-0.3, -0.25) is 10.1 Å². The molecule has 0 unspecified atom stereocenters. The van der Waals surface area contributed by atoms with Crippen molar-refractivity contribution in [1.82, 2.24) is 0 Å². The highest BCUT2D eigenvalue weighted by atomic mass is 16.6. The van der Waals surface area contributed by atoms with Crippen molar-refractivity contribution in [2.45, 2.75) is 13.8 Å². The molecule has 134 valence electrons. The van der Waals surface area contributed by atoms with Gasteiger partial charge in [-0.2, -0.15) is 5.26 Å². The minimum Gasteiger partial charge on any atom is -0.384 e. The van der Waals surface area contributed by atoms with Crippen molar-refractivity contribution in [2.75, 3.05) is 50.2 Å². The quantitative estimate of drug-likeness (QED) is 0.576. The molecule has 2 aliphatic heterocycles. The number of nitriles is 1. The monoisotopic (exact) mass is 346 g/mol. The summed E-state index contributed by atoms with van der Waals surface area (Å²) in [4.78, 5) is 10.9. The Hall–Kier alpha value is -2.37. The molecular weight excluding hydrogens is 324 g/mol. The normalized spacial score (nSPS) is 19.9. The molecule has 25 heavy (non-hydrogen) atoms. The Morgan fingerprint density at radius 2 is 1.72 bits per heavy atom. The molecule has 0 bridgehead atoms. The molecule has 2 aliphatic rings. The van der Waals surface area contributed by atoms with Gasteiger partial charge in [0.25, 0.3) is 0 Å². The van der Waals surface area contributed by atoms with Crippen LogP contribution in [0.1, 0.15) is 19.4 Å². The fourth-order valence-electron chi connectivity index (χ4n) is 2.88. The first-order valence-electron chi connectivity index (χ1n) is 8.20. The van der Waals surface area contributed by atoms with Crippen LogP contribution in [0, 0.1) is 32.3 Å². The Bertz CT molecular complexity index is 720. The van der Waals surface area contributed by atoms with Crippen LogP contribution in [0.3, 0.4) is 0 Å². The fraction of sp³-hybridized carbons (Fsp3) is 0.588. The number of nitro benzene ring substituents is 1. The Morgan fingerprint density at radius 1 is 1.16 bits per heavy atom. The topological polar surface area (TPSA) is 109 Å². The van der Waals surface area contributed by atoms with Crippen LogP contribution in [0.4, 0.5) is 17.1 Å². The lowest BCUT2D eigenvalue weighted by molar-refractivity contribution is -0.384. The van der Waals surface area contributed by atoms with Crippen LogP contribution >= 0.6 is 0 Å². The fourth-order valence-corrected chi connectivity index (χ4v) is 2.88. The first kappa shape index (κ1) is 17.5. The summed E-state index contributed by atoms with van der Waals surface area (Å²) in [5.74, 6) is 0. The van der Waals surface area contributed by atoms with Gasteiger partial charge in [-0.25, -0.2) is 0 Å². The highest BCUT2D eigenvalue weighted by molar-refractivity contribution is 5.75. The molecule has 0 spiro atoms. The van der Waals surface area contributed by atoms with Gasteiger partial charge in [0, 0.05) is 29.6 Å². The van der Waals surface area contributed by atoms with E-state index in [4.69, 9.17) is 9.47 Å². The van der Waals surface area contributed by atoms with Crippen LogP contribution in [0.5, 0.6) is 0 Å². The lowest BCUT2D eigenvalue weighted by atomic mass is 9.88. The molecule has 1 aromatic carbocycles. The van der Waals surface area contributed by atoms with Crippen LogP contribution in [0.2, 0.25) is 0 Å². The Balaban J connectivity index is 1.82. The largest absolute Gasteiger partial charge is 0.384 e. The third kappa shape index (κ3) is 3.67. The van der Waals surface area contributed by atoms with E-state index in [0.717, 1.165) is 0 Å². The summed E-state index contributed by atoms with van der Waals surface area (Å²) in [5, 5.41) is 27.2. The van der Waals surface area contributed by atoms with Gasteiger partial charge in [0.2, 0.25) is 0 Å². The third-order valence-electron chi connectivity index (χ3n) is 4.64. The van der Waals surface area contributed by atoms with Crippen molar-refractivity contribution in [1.29, 1.82) is 5.26 Å². The lowest BCUT2D eigenvalue weighted by Gasteiger charge is -2.38. The number of nitrogens with zero attached hydrogens (tertiary/aromatic N) is 2. The zero-order valence-electron chi connectivity index (χ0n) is 14.4. The second-order valence-corrected chi connectivity index (χ2v) is 7.60. The van der Waals surface area contributed by atoms with Crippen LogP contribution in [0.15, 0.2) is 12.1 Å². The molecule has 1 aromatic rings. The van der Waals surface area contributed by atoms with Gasteiger partial charge in [0.1, 0.15) is 17.3 Å². The minimum absolute atomic E-state index is 0.0408. The molecule has 0 amide bonds. The summed E-state index contributed by atoms with van der Waals surface area (Å²) in [6.07, 6.45) is 0. The van der Waals surface area contributed by atoms with E-state index in [-0.39, 0.29) is 22.1 Å². The molecule has 8 nitrogen and oxygen atoms in total. The van der Waals surface area contributed by atoms with Crippen LogP contribution in [0.25, 0.3) is 0 Å². The molecule has 8 heteroatoms. The number of nitro groups is 1. The molecule has 2 N–H and O–H groups in total. The third-order valence-corrected chi connectivity index (χ3v) is 4.64. The van der Waals surface area contributed by atoms with E-state index in [0.29, 0.717) is 50.9 Å². The van der Waals surface area contributed by atoms with Crippen LogP contribution < -0.4 is 10.6 Å². The molecule has 0 radical (unpaired) electrons. The van der Waals surface area contributed by atoms with Crippen molar-refractivity contribution in [3.63, 3.8) is 0 Å². The van der Waals surface area contributed by atoms with E-state index < -0.39 is 4.92 Å². The smallest absolute Gasteiger partial charge is 0.310 e. The van der Waals surface area contributed by atoms with Gasteiger partial charge in [-0.05, 0) is 12.1 Å². The number of rotatable bonds is 7. The van der Waals surface area contributed by atoms with Gasteiger partial charge < -0.3 is 20.1 Å². The maximum Gasteiger partial charge on any atom is 0.310 e. The van der Waals surface area contributed by atoms with Gasteiger partial charge in [-0.15, -0.1) is 0 Å². The van der Waals surface area contributed by atoms with Gasteiger partial charge in [0.05, 0.1) is 31.4 Å². The van der Waals surface area contributed by atoms with E-state index in [1.165, 1.54) is 6.07 Å². The van der Waals surface area contributed by atoms with E-state index in [2.05, 4.69) is 24.5 Å². The summed E-state index contributed by atoms with van der Waals surface area (Å²) in [6, 6.07) is 5.16. The second-order valence-electron chi connectivity index (χ2n) is 7.60. The summed E-state index contributed by atoms with van der Waals surface area (Å²) in [6.45, 7) is 8.00. The predicted molar refractivity (Wildman–Crippen MR) is 92.6 cm³/mol. The van der Waals surface area contributed by atoms with Crippen molar-refractivity contribution in [2.24, 2.45) is 10.8 Å². The molecule has 0 atom stereocenters. The van der Waals surface area contributed by atoms with Crippen LogP contribution in [-0.2, 0) is 9.47 Å². The Labute approximate surface area is 146 Å². The first-order chi connectivity index (χ1) is 11.8. The number of anilines is 2. The zero-order valence-corrected chi connectivity index (χ0v) is 14.4. The summed E-state index contributed by atoms with van der Waals surface area (Å²) < 4.78 is 10.5. The molecule has 0 aliphatic carbocycles. The van der Waals surface area contributed by atoms with Crippen molar-refractivity contribution >= 4 is 17.1 Å². The van der Waals surface area contributed by atoms with Crippen LogP contribution in [-0.4, -0.2) is 44.4 Å². The molecule has 0 saturated carbocycles. The van der Waals surface area contributed by atoms with E-state index in [9.17, 15) is 15.4 Å². The average molecular weight is 346 g/mol. The van der Waals surface area contributed by atoms with Crippen molar-refractivity contribution in [3.8, 4) is 6.07 Å². The average Bonchev–Trinajstić information content (AvgIpc) is 2.53. The van der Waals surface area contributed by atoms with Gasteiger partial charge in [-0.1, -0.05) is 13.8 Å². The van der Waals surface area contributed by atoms with Crippen molar-refractivity contribution in [3.05, 3.63) is 27.8 Å². The number of benzene rings is 1. The predicted octanol–water partition coefficient (Wildman–Crippen LogP) is 2.36. The molecule has 2 fully saturated rings. The Morgan fingerprint density at radius 3 is 2.16 bits per heavy atom. The second kappa shape index (κ2) is 6.50. The minimum atomic E-state index is -0.509.